The van der Waals surface area contributed by atoms with Gasteiger partial charge in [-0.1, -0.05) is 29.8 Å². The number of nitrogens with zero attached hydrogens (tertiary/aromatic N) is 4. The molecule has 0 radical (unpaired) electrons. The Morgan fingerprint density at radius 1 is 1.10 bits per heavy atom. The summed E-state index contributed by atoms with van der Waals surface area (Å²) < 4.78 is 29.5. The molecule has 158 valence electrons. The third kappa shape index (κ3) is 4.70. The highest BCUT2D eigenvalue weighted by molar-refractivity contribution is 7.89. The minimum atomic E-state index is -3.62. The molecule has 7 nitrogen and oxygen atoms in total. The van der Waals surface area contributed by atoms with E-state index < -0.39 is 10.0 Å². The topological polar surface area (TPSA) is 75.5 Å². The average Bonchev–Trinajstić information content (AvgIpc) is 2.84. The number of hydrogen-bond donors (Lipinski definition) is 0. The Balaban J connectivity index is 1.64. The van der Waals surface area contributed by atoms with Crippen molar-refractivity contribution in [3.63, 3.8) is 0 Å². The molecule has 0 unspecified atom stereocenters. The summed E-state index contributed by atoms with van der Waals surface area (Å²) in [7, 11) is -1.87. The lowest BCUT2D eigenvalue weighted by atomic mass is 10.1. The van der Waals surface area contributed by atoms with Crippen LogP contribution in [0.25, 0.3) is 0 Å². The summed E-state index contributed by atoms with van der Waals surface area (Å²) in [5.41, 5.74) is 3.49. The standard InChI is InChI=1S/C21H30N4O3S/c1-16-7-5-8-19(15-16)9-10-20(26)24-11-6-12-25(14-13-24)29(27,28)21-17(2)22-23(4)18(21)3/h5,7-8,15H,6,9-14H2,1-4H3. The number of carbonyl (C=O) groups excluding carboxylic acids is 1. The van der Waals surface area contributed by atoms with E-state index in [1.807, 2.05) is 25.1 Å². The van der Waals surface area contributed by atoms with Crippen molar-refractivity contribution in [2.75, 3.05) is 26.2 Å². The van der Waals surface area contributed by atoms with Crippen LogP contribution in [-0.2, 0) is 28.3 Å². The number of aryl methyl sites for hydroxylation is 4. The van der Waals surface area contributed by atoms with Gasteiger partial charge in [0.25, 0.3) is 0 Å². The van der Waals surface area contributed by atoms with E-state index in [0.717, 1.165) is 5.56 Å². The van der Waals surface area contributed by atoms with Crippen molar-refractivity contribution in [3.8, 4) is 0 Å². The number of hydrogen-bond acceptors (Lipinski definition) is 4. The van der Waals surface area contributed by atoms with Gasteiger partial charge in [0.05, 0.1) is 11.4 Å². The Morgan fingerprint density at radius 2 is 1.86 bits per heavy atom. The smallest absolute Gasteiger partial charge is 0.246 e. The molecule has 2 aromatic rings. The van der Waals surface area contributed by atoms with Gasteiger partial charge in [-0.3, -0.25) is 9.48 Å². The van der Waals surface area contributed by atoms with E-state index in [1.54, 1.807) is 30.5 Å². The Hall–Kier alpha value is -2.19. The summed E-state index contributed by atoms with van der Waals surface area (Å²) in [4.78, 5) is 14.8. The first-order valence-corrected chi connectivity index (χ1v) is 11.5. The zero-order valence-corrected chi connectivity index (χ0v) is 18.5. The van der Waals surface area contributed by atoms with Crippen molar-refractivity contribution in [3.05, 3.63) is 46.8 Å². The van der Waals surface area contributed by atoms with Gasteiger partial charge in [0, 0.05) is 39.6 Å². The molecule has 0 N–H and O–H groups in total. The lowest BCUT2D eigenvalue weighted by Crippen LogP contribution is -2.37. The number of rotatable bonds is 5. The Bertz CT molecular complexity index is 997. The minimum absolute atomic E-state index is 0.0829. The molecule has 8 heteroatoms. The molecule has 0 saturated carbocycles. The second-order valence-electron chi connectivity index (χ2n) is 7.75. The summed E-state index contributed by atoms with van der Waals surface area (Å²) in [6.07, 6.45) is 1.78. The number of benzene rings is 1. The van der Waals surface area contributed by atoms with E-state index in [2.05, 4.69) is 11.2 Å². The lowest BCUT2D eigenvalue weighted by molar-refractivity contribution is -0.131. The molecule has 1 saturated heterocycles. The van der Waals surface area contributed by atoms with E-state index in [0.29, 0.717) is 61.7 Å². The maximum atomic E-state index is 13.2. The molecule has 3 rings (SSSR count). The predicted octanol–water partition coefficient (Wildman–Crippen LogP) is 2.20. The Morgan fingerprint density at radius 3 is 2.52 bits per heavy atom. The zero-order valence-electron chi connectivity index (χ0n) is 17.7. The molecule has 1 aliphatic rings. The van der Waals surface area contributed by atoms with Crippen molar-refractivity contribution < 1.29 is 13.2 Å². The monoisotopic (exact) mass is 418 g/mol. The normalized spacial score (nSPS) is 16.1. The Kier molecular flexibility index (Phi) is 6.43. The average molecular weight is 419 g/mol. The van der Waals surface area contributed by atoms with Gasteiger partial charge in [-0.15, -0.1) is 0 Å². The van der Waals surface area contributed by atoms with E-state index in [9.17, 15) is 13.2 Å². The van der Waals surface area contributed by atoms with E-state index in [4.69, 9.17) is 0 Å². The van der Waals surface area contributed by atoms with Crippen LogP contribution in [0, 0.1) is 20.8 Å². The van der Waals surface area contributed by atoms with Crippen LogP contribution in [0.1, 0.15) is 35.4 Å². The molecule has 0 bridgehead atoms. The molecule has 2 heterocycles. The van der Waals surface area contributed by atoms with Gasteiger partial charge in [-0.2, -0.15) is 9.40 Å². The van der Waals surface area contributed by atoms with Crippen LogP contribution in [-0.4, -0.2) is 59.5 Å². The second kappa shape index (κ2) is 8.67. The predicted molar refractivity (Wildman–Crippen MR) is 112 cm³/mol. The van der Waals surface area contributed by atoms with Gasteiger partial charge in [0.1, 0.15) is 4.90 Å². The molecular weight excluding hydrogens is 388 g/mol. The molecule has 1 aromatic carbocycles. The molecule has 29 heavy (non-hydrogen) atoms. The van der Waals surface area contributed by atoms with Gasteiger partial charge in [0.15, 0.2) is 0 Å². The Labute approximate surface area is 173 Å². The molecule has 0 aliphatic carbocycles. The summed E-state index contributed by atoms with van der Waals surface area (Å²) >= 11 is 0. The van der Waals surface area contributed by atoms with Gasteiger partial charge >= 0.3 is 0 Å². The summed E-state index contributed by atoms with van der Waals surface area (Å²) in [6.45, 7) is 7.27. The first kappa shape index (κ1) is 21.5. The second-order valence-corrected chi connectivity index (χ2v) is 9.63. The van der Waals surface area contributed by atoms with Crippen molar-refractivity contribution in [1.82, 2.24) is 19.0 Å². The van der Waals surface area contributed by atoms with Crippen molar-refractivity contribution in [2.45, 2.75) is 44.9 Å². The van der Waals surface area contributed by atoms with Crippen LogP contribution in [0.4, 0.5) is 0 Å². The van der Waals surface area contributed by atoms with E-state index in [-0.39, 0.29) is 5.91 Å². The minimum Gasteiger partial charge on any atom is -0.341 e. The third-order valence-electron chi connectivity index (χ3n) is 5.56. The van der Waals surface area contributed by atoms with Crippen LogP contribution in [0.3, 0.4) is 0 Å². The molecule has 1 fully saturated rings. The van der Waals surface area contributed by atoms with Crippen molar-refractivity contribution in [1.29, 1.82) is 0 Å². The number of aromatic nitrogens is 2. The third-order valence-corrected chi connectivity index (χ3v) is 7.71. The van der Waals surface area contributed by atoms with Gasteiger partial charge < -0.3 is 4.90 Å². The van der Waals surface area contributed by atoms with Crippen molar-refractivity contribution >= 4 is 15.9 Å². The lowest BCUT2D eigenvalue weighted by Gasteiger charge is -2.22. The summed E-state index contributed by atoms with van der Waals surface area (Å²) in [5.74, 6) is 0.0829. The zero-order chi connectivity index (χ0) is 21.2. The van der Waals surface area contributed by atoms with E-state index >= 15 is 0 Å². The molecule has 0 spiro atoms. The van der Waals surface area contributed by atoms with Gasteiger partial charge in [-0.05, 0) is 39.2 Å². The maximum Gasteiger partial charge on any atom is 0.246 e. The van der Waals surface area contributed by atoms with Crippen LogP contribution in [0.2, 0.25) is 0 Å². The van der Waals surface area contributed by atoms with Gasteiger partial charge in [-0.25, -0.2) is 8.42 Å². The summed E-state index contributed by atoms with van der Waals surface area (Å²) in [5, 5.41) is 4.24. The number of amides is 1. The quantitative estimate of drug-likeness (QED) is 0.746. The van der Waals surface area contributed by atoms with Crippen LogP contribution in [0.15, 0.2) is 29.2 Å². The highest BCUT2D eigenvalue weighted by atomic mass is 32.2. The molecule has 1 aromatic heterocycles. The molecule has 1 aliphatic heterocycles. The first-order valence-electron chi connectivity index (χ1n) is 10.0. The fraction of sp³-hybridized carbons (Fsp3) is 0.524. The first-order chi connectivity index (χ1) is 13.7. The molecule has 0 atom stereocenters. The summed E-state index contributed by atoms with van der Waals surface area (Å²) in [6, 6.07) is 8.19. The highest BCUT2D eigenvalue weighted by Crippen LogP contribution is 2.24. The fourth-order valence-electron chi connectivity index (χ4n) is 3.92. The van der Waals surface area contributed by atoms with Gasteiger partial charge in [0.2, 0.25) is 15.9 Å². The van der Waals surface area contributed by atoms with E-state index in [1.165, 1.54) is 9.87 Å². The van der Waals surface area contributed by atoms with Crippen LogP contribution < -0.4 is 0 Å². The highest BCUT2D eigenvalue weighted by Gasteiger charge is 2.32. The molecule has 1 amide bonds. The van der Waals surface area contributed by atoms with Crippen LogP contribution in [0.5, 0.6) is 0 Å². The number of sulfonamides is 1. The van der Waals surface area contributed by atoms with Crippen molar-refractivity contribution in [2.24, 2.45) is 7.05 Å². The SMILES string of the molecule is Cc1cccc(CCC(=O)N2CCCN(S(=O)(=O)c3c(C)nn(C)c3C)CC2)c1. The molecular formula is C21H30N4O3S. The number of carbonyl (C=O) groups is 1. The van der Waals surface area contributed by atoms with Crippen LogP contribution >= 0.6 is 0 Å². The maximum absolute atomic E-state index is 13.2. The largest absolute Gasteiger partial charge is 0.341 e. The fourth-order valence-corrected chi connectivity index (χ4v) is 5.79.